The highest BCUT2D eigenvalue weighted by molar-refractivity contribution is 6.27. The van der Waals surface area contributed by atoms with Gasteiger partial charge in [-0.25, -0.2) is 4.39 Å². The summed E-state index contributed by atoms with van der Waals surface area (Å²) in [6, 6.07) is 5.99. The van der Waals surface area contributed by atoms with E-state index < -0.39 is 0 Å². The molecule has 1 aromatic carbocycles. The van der Waals surface area contributed by atoms with Crippen molar-refractivity contribution >= 4 is 17.5 Å². The lowest BCUT2D eigenvalue weighted by atomic mass is 10.0. The molecule has 1 N–H and O–H groups in total. The quantitative estimate of drug-likeness (QED) is 0.791. The molecule has 4 heteroatoms. The summed E-state index contributed by atoms with van der Waals surface area (Å²) in [6.07, 6.45) is 0.744. The molecule has 0 spiro atoms. The van der Waals surface area contributed by atoms with Gasteiger partial charge in [-0.05, 0) is 24.1 Å². The molecule has 0 aliphatic rings. The van der Waals surface area contributed by atoms with Gasteiger partial charge in [0.1, 0.15) is 11.7 Å². The zero-order valence-corrected chi connectivity index (χ0v) is 9.22. The van der Waals surface area contributed by atoms with E-state index in [4.69, 9.17) is 11.6 Å². The van der Waals surface area contributed by atoms with Gasteiger partial charge < -0.3 is 5.32 Å². The number of nitrogens with one attached hydrogen (secondary N) is 1. The first-order valence-corrected chi connectivity index (χ1v) is 5.31. The number of carbonyl (C=O) groups excluding carboxylic acids is 1. The van der Waals surface area contributed by atoms with Gasteiger partial charge in [-0.15, -0.1) is 11.6 Å². The van der Waals surface area contributed by atoms with Crippen molar-refractivity contribution in [1.29, 1.82) is 0 Å². The monoisotopic (exact) mass is 229 g/mol. The van der Waals surface area contributed by atoms with Crippen LogP contribution < -0.4 is 5.32 Å². The minimum atomic E-state index is -0.280. The average Bonchev–Trinajstić information content (AvgIpc) is 2.27. The Kier molecular flexibility index (Phi) is 4.56. The molecular formula is C11H13ClFNO. The van der Waals surface area contributed by atoms with Gasteiger partial charge in [0.15, 0.2) is 0 Å². The van der Waals surface area contributed by atoms with Gasteiger partial charge >= 0.3 is 0 Å². The van der Waals surface area contributed by atoms with Crippen molar-refractivity contribution in [2.45, 2.75) is 19.4 Å². The maximum Gasteiger partial charge on any atom is 0.235 e. The zero-order valence-electron chi connectivity index (χ0n) is 8.47. The highest BCUT2D eigenvalue weighted by atomic mass is 35.5. The summed E-state index contributed by atoms with van der Waals surface area (Å²) in [7, 11) is 0. The summed E-state index contributed by atoms with van der Waals surface area (Å²) in [5.41, 5.74) is 0.886. The van der Waals surface area contributed by atoms with Crippen LogP contribution in [0.15, 0.2) is 24.3 Å². The van der Waals surface area contributed by atoms with Crippen LogP contribution >= 0.6 is 11.6 Å². The molecule has 82 valence electrons. The van der Waals surface area contributed by atoms with E-state index in [2.05, 4.69) is 5.32 Å². The molecule has 0 saturated heterocycles. The first-order chi connectivity index (χ1) is 7.17. The summed E-state index contributed by atoms with van der Waals surface area (Å²) in [4.78, 5) is 11.1. The summed E-state index contributed by atoms with van der Waals surface area (Å²) < 4.78 is 12.7. The summed E-state index contributed by atoms with van der Waals surface area (Å²) in [6.45, 7) is 1.95. The number of hydrogen-bond donors (Lipinski definition) is 1. The molecule has 2 nitrogen and oxygen atoms in total. The Labute approximate surface area is 93.4 Å². The van der Waals surface area contributed by atoms with E-state index in [9.17, 15) is 9.18 Å². The predicted octanol–water partition coefficient (Wildman–Crippen LogP) is 2.63. The molecule has 0 aliphatic heterocycles. The molecule has 0 unspecified atom stereocenters. The van der Waals surface area contributed by atoms with Crippen LogP contribution in [0.25, 0.3) is 0 Å². The molecule has 0 heterocycles. The van der Waals surface area contributed by atoms with Crippen molar-refractivity contribution in [1.82, 2.24) is 5.32 Å². The minimum absolute atomic E-state index is 0.0578. The number of amides is 1. The SMILES string of the molecule is CC[C@H](NC(=O)CCl)c1ccc(F)cc1. The third-order valence-electron chi connectivity index (χ3n) is 2.14. The van der Waals surface area contributed by atoms with Gasteiger partial charge in [0.25, 0.3) is 0 Å². The Balaban J connectivity index is 2.74. The van der Waals surface area contributed by atoms with Crippen LogP contribution in [-0.4, -0.2) is 11.8 Å². The van der Waals surface area contributed by atoms with Gasteiger partial charge in [-0.2, -0.15) is 0 Å². The molecule has 0 bridgehead atoms. The fraction of sp³-hybridized carbons (Fsp3) is 0.364. The fourth-order valence-electron chi connectivity index (χ4n) is 1.35. The lowest BCUT2D eigenvalue weighted by Crippen LogP contribution is -2.28. The standard InChI is InChI=1S/C11H13ClFNO/c1-2-10(14-11(15)7-12)8-3-5-9(13)6-4-8/h3-6,10H,2,7H2,1H3,(H,14,15)/t10-/m0/s1. The van der Waals surface area contributed by atoms with Crippen LogP contribution in [0, 0.1) is 5.82 Å². The van der Waals surface area contributed by atoms with Crippen molar-refractivity contribution in [3.05, 3.63) is 35.6 Å². The Morgan fingerprint density at radius 3 is 2.53 bits per heavy atom. The van der Waals surface area contributed by atoms with Crippen molar-refractivity contribution in [2.75, 3.05) is 5.88 Å². The molecular weight excluding hydrogens is 217 g/mol. The molecule has 15 heavy (non-hydrogen) atoms. The van der Waals surface area contributed by atoms with Crippen LogP contribution in [0.1, 0.15) is 24.9 Å². The predicted molar refractivity (Wildman–Crippen MR) is 58.3 cm³/mol. The summed E-state index contributed by atoms with van der Waals surface area (Å²) >= 11 is 5.39. The zero-order chi connectivity index (χ0) is 11.3. The number of benzene rings is 1. The van der Waals surface area contributed by atoms with Crippen LogP contribution in [0.4, 0.5) is 4.39 Å². The van der Waals surface area contributed by atoms with E-state index in [0.717, 1.165) is 12.0 Å². The highest BCUT2D eigenvalue weighted by Gasteiger charge is 2.11. The van der Waals surface area contributed by atoms with Crippen molar-refractivity contribution in [3.8, 4) is 0 Å². The molecule has 1 rings (SSSR count). The second-order valence-electron chi connectivity index (χ2n) is 3.21. The van der Waals surface area contributed by atoms with Gasteiger partial charge in [0, 0.05) is 0 Å². The van der Waals surface area contributed by atoms with Gasteiger partial charge in [-0.1, -0.05) is 19.1 Å². The van der Waals surface area contributed by atoms with E-state index in [1.807, 2.05) is 6.92 Å². The Bertz CT molecular complexity index is 326. The second kappa shape index (κ2) is 5.71. The van der Waals surface area contributed by atoms with Gasteiger partial charge in [0.05, 0.1) is 6.04 Å². The molecule has 0 fully saturated rings. The van der Waals surface area contributed by atoms with Crippen LogP contribution in [0.2, 0.25) is 0 Å². The number of rotatable bonds is 4. The molecule has 0 aromatic heterocycles. The van der Waals surface area contributed by atoms with Crippen molar-refractivity contribution in [2.24, 2.45) is 0 Å². The molecule has 1 atom stereocenters. The lowest BCUT2D eigenvalue weighted by molar-refractivity contribution is -0.119. The first-order valence-electron chi connectivity index (χ1n) is 4.78. The number of halogens is 2. The number of hydrogen-bond acceptors (Lipinski definition) is 1. The van der Waals surface area contributed by atoms with E-state index in [-0.39, 0.29) is 23.6 Å². The molecule has 0 radical (unpaired) electrons. The van der Waals surface area contributed by atoms with E-state index in [0.29, 0.717) is 0 Å². The molecule has 0 aliphatic carbocycles. The lowest BCUT2D eigenvalue weighted by Gasteiger charge is -2.16. The Hall–Kier alpha value is -1.09. The maximum absolute atomic E-state index is 12.7. The smallest absolute Gasteiger partial charge is 0.235 e. The normalized spacial score (nSPS) is 12.2. The highest BCUT2D eigenvalue weighted by Crippen LogP contribution is 2.16. The van der Waals surface area contributed by atoms with E-state index in [1.165, 1.54) is 12.1 Å². The number of alkyl halides is 1. The largest absolute Gasteiger partial charge is 0.348 e. The minimum Gasteiger partial charge on any atom is -0.348 e. The molecule has 1 aromatic rings. The number of carbonyl (C=O) groups is 1. The van der Waals surface area contributed by atoms with Crippen LogP contribution in [-0.2, 0) is 4.79 Å². The van der Waals surface area contributed by atoms with Crippen LogP contribution in [0.3, 0.4) is 0 Å². The van der Waals surface area contributed by atoms with E-state index in [1.54, 1.807) is 12.1 Å². The third kappa shape index (κ3) is 3.51. The topological polar surface area (TPSA) is 29.1 Å². The second-order valence-corrected chi connectivity index (χ2v) is 3.48. The van der Waals surface area contributed by atoms with Crippen molar-refractivity contribution in [3.63, 3.8) is 0 Å². The first kappa shape index (κ1) is 12.0. The molecule has 0 saturated carbocycles. The van der Waals surface area contributed by atoms with Crippen molar-refractivity contribution < 1.29 is 9.18 Å². The Morgan fingerprint density at radius 2 is 2.07 bits per heavy atom. The summed E-state index contributed by atoms with van der Waals surface area (Å²) in [5, 5.41) is 2.76. The van der Waals surface area contributed by atoms with Gasteiger partial charge in [0.2, 0.25) is 5.91 Å². The fourth-order valence-corrected chi connectivity index (χ4v) is 1.43. The summed E-state index contributed by atoms with van der Waals surface area (Å²) in [5.74, 6) is -0.553. The van der Waals surface area contributed by atoms with E-state index >= 15 is 0 Å². The van der Waals surface area contributed by atoms with Gasteiger partial charge in [-0.3, -0.25) is 4.79 Å². The van der Waals surface area contributed by atoms with Crippen LogP contribution in [0.5, 0.6) is 0 Å². The molecule has 1 amide bonds. The third-order valence-corrected chi connectivity index (χ3v) is 2.38. The Morgan fingerprint density at radius 1 is 1.47 bits per heavy atom. The maximum atomic E-state index is 12.7. The average molecular weight is 230 g/mol.